The summed E-state index contributed by atoms with van der Waals surface area (Å²) in [6, 6.07) is -0.691. The van der Waals surface area contributed by atoms with Crippen LogP contribution in [0, 0.1) is 62.6 Å². The van der Waals surface area contributed by atoms with Crippen molar-refractivity contribution in [2.45, 2.75) is 169 Å². The summed E-state index contributed by atoms with van der Waals surface area (Å²) >= 11 is 0. The molecule has 5 saturated carbocycles. The van der Waals surface area contributed by atoms with Gasteiger partial charge in [0.25, 0.3) is 0 Å². The van der Waals surface area contributed by atoms with Crippen molar-refractivity contribution in [1.29, 1.82) is 0 Å². The van der Waals surface area contributed by atoms with Crippen molar-refractivity contribution in [3.8, 4) is 0 Å². The van der Waals surface area contributed by atoms with Crippen LogP contribution in [-0.4, -0.2) is 58.7 Å². The van der Waals surface area contributed by atoms with E-state index in [9.17, 15) is 20.1 Å². The van der Waals surface area contributed by atoms with E-state index in [1.54, 1.807) is 0 Å². The summed E-state index contributed by atoms with van der Waals surface area (Å²) in [6.45, 7) is 18.7. The average molecular weight is 660 g/mol. The van der Waals surface area contributed by atoms with Crippen molar-refractivity contribution in [3.05, 3.63) is 0 Å². The topological polar surface area (TPSA) is 142 Å². The first-order valence-electron chi connectivity index (χ1n) is 19.7. The van der Waals surface area contributed by atoms with Gasteiger partial charge in [-0.25, -0.2) is 0 Å². The normalized spacial score (nSPS) is 44.1. The Morgan fingerprint density at radius 1 is 0.766 bits per heavy atom. The van der Waals surface area contributed by atoms with E-state index in [0.29, 0.717) is 64.7 Å². The van der Waals surface area contributed by atoms with Crippen LogP contribution in [0.1, 0.15) is 145 Å². The molecule has 0 bridgehead atoms. The van der Waals surface area contributed by atoms with Crippen LogP contribution in [0.3, 0.4) is 0 Å². The summed E-state index contributed by atoms with van der Waals surface area (Å²) in [5.41, 5.74) is 13.5. The van der Waals surface area contributed by atoms with Crippen molar-refractivity contribution in [2.24, 2.45) is 74.0 Å². The summed E-state index contributed by atoms with van der Waals surface area (Å²) < 4.78 is 0. The molecule has 7 heteroatoms. The number of nitrogens with two attached hydrogens (primary N) is 2. The van der Waals surface area contributed by atoms with Crippen molar-refractivity contribution in [1.82, 2.24) is 5.32 Å². The standard InChI is InChI=1S/C40H73N3O4/c1-25(11-12-29(44)34(46)30(45)24-43-35(47)28(42)10-8-23-41)26-15-20-37(4)27(26)16-21-39(6)32(37)13-14-33-38(5)19-9-18-36(2,3)31(38)17-22-40(33,39)7/h25-34,44-46H,8-24,41-42H2,1-7H3,(H,43,47)/t25?,26?,27?,28-,29+,30-,31?,32?,33?,34+,37-,38-,39+,40+/m0/s1. The van der Waals surface area contributed by atoms with Crippen LogP contribution in [-0.2, 0) is 4.79 Å². The lowest BCUT2D eigenvalue weighted by atomic mass is 9.32. The Morgan fingerprint density at radius 3 is 2.06 bits per heavy atom. The van der Waals surface area contributed by atoms with Crippen LogP contribution >= 0.6 is 0 Å². The number of fused-ring (bicyclic) bond motifs is 7. The van der Waals surface area contributed by atoms with E-state index >= 15 is 0 Å². The minimum Gasteiger partial charge on any atom is -0.390 e. The quantitative estimate of drug-likeness (QED) is 0.148. The summed E-state index contributed by atoms with van der Waals surface area (Å²) in [4.78, 5) is 12.2. The molecule has 0 radical (unpaired) electrons. The highest BCUT2D eigenvalue weighted by Gasteiger charge is 2.70. The van der Waals surface area contributed by atoms with Gasteiger partial charge in [-0.15, -0.1) is 0 Å². The minimum absolute atomic E-state index is 0.135. The highest BCUT2D eigenvalue weighted by atomic mass is 16.4. The molecule has 5 aliphatic carbocycles. The number of carbonyl (C=O) groups is 1. The maximum absolute atomic E-state index is 12.2. The number of aliphatic hydroxyl groups excluding tert-OH is 3. The summed E-state index contributed by atoms with van der Waals surface area (Å²) in [6.07, 6.45) is 13.9. The number of hydrogen-bond acceptors (Lipinski definition) is 6. The van der Waals surface area contributed by atoms with Crippen molar-refractivity contribution < 1.29 is 20.1 Å². The molecule has 5 rings (SSSR count). The Hall–Kier alpha value is -0.730. The third kappa shape index (κ3) is 6.38. The van der Waals surface area contributed by atoms with Gasteiger partial charge in [0.05, 0.1) is 18.2 Å². The van der Waals surface area contributed by atoms with E-state index in [-0.39, 0.29) is 12.5 Å². The molecule has 0 aliphatic heterocycles. The van der Waals surface area contributed by atoms with E-state index in [1.807, 2.05) is 0 Å². The first-order valence-corrected chi connectivity index (χ1v) is 19.7. The Kier molecular flexibility index (Phi) is 11.0. The van der Waals surface area contributed by atoms with Crippen LogP contribution in [0.4, 0.5) is 0 Å². The van der Waals surface area contributed by atoms with Crippen LogP contribution < -0.4 is 16.8 Å². The Balaban J connectivity index is 1.19. The van der Waals surface area contributed by atoms with Gasteiger partial charge >= 0.3 is 0 Å². The molecule has 6 unspecified atom stereocenters. The van der Waals surface area contributed by atoms with Gasteiger partial charge in [-0.1, -0.05) is 54.9 Å². The lowest BCUT2D eigenvalue weighted by Crippen LogP contribution is -2.65. The molecule has 5 fully saturated rings. The zero-order valence-electron chi connectivity index (χ0n) is 31.2. The van der Waals surface area contributed by atoms with E-state index in [2.05, 4.69) is 53.8 Å². The second-order valence-electron chi connectivity index (χ2n) is 19.3. The highest BCUT2D eigenvalue weighted by molar-refractivity contribution is 5.81. The molecule has 0 aromatic heterocycles. The van der Waals surface area contributed by atoms with Crippen molar-refractivity contribution in [2.75, 3.05) is 13.1 Å². The number of amides is 1. The second-order valence-corrected chi connectivity index (χ2v) is 19.3. The number of rotatable bonds is 12. The van der Waals surface area contributed by atoms with Crippen molar-refractivity contribution >= 4 is 5.91 Å². The molecule has 1 amide bonds. The van der Waals surface area contributed by atoms with Crippen LogP contribution in [0.5, 0.6) is 0 Å². The lowest BCUT2D eigenvalue weighted by molar-refractivity contribution is -0.241. The first-order chi connectivity index (χ1) is 22.0. The average Bonchev–Trinajstić information content (AvgIpc) is 3.37. The van der Waals surface area contributed by atoms with E-state index in [4.69, 9.17) is 11.5 Å². The molecule has 0 saturated heterocycles. The maximum atomic E-state index is 12.2. The third-order valence-electron chi connectivity index (χ3n) is 16.7. The number of nitrogens with one attached hydrogen (secondary N) is 1. The van der Waals surface area contributed by atoms with Crippen LogP contribution in [0.15, 0.2) is 0 Å². The Labute approximate surface area is 287 Å². The molecule has 0 heterocycles. The van der Waals surface area contributed by atoms with Gasteiger partial charge in [-0.2, -0.15) is 0 Å². The predicted molar refractivity (Wildman–Crippen MR) is 190 cm³/mol. The van der Waals surface area contributed by atoms with Gasteiger partial charge in [-0.05, 0) is 159 Å². The molecule has 0 aromatic carbocycles. The third-order valence-corrected chi connectivity index (χ3v) is 16.7. The maximum Gasteiger partial charge on any atom is 0.237 e. The largest absolute Gasteiger partial charge is 0.390 e. The van der Waals surface area contributed by atoms with Crippen LogP contribution in [0.2, 0.25) is 0 Å². The molecular formula is C40H73N3O4. The van der Waals surface area contributed by atoms with Crippen LogP contribution in [0.25, 0.3) is 0 Å². The van der Waals surface area contributed by atoms with Gasteiger partial charge in [0.15, 0.2) is 0 Å². The van der Waals surface area contributed by atoms with Crippen molar-refractivity contribution in [3.63, 3.8) is 0 Å². The molecule has 47 heavy (non-hydrogen) atoms. The van der Waals surface area contributed by atoms with Gasteiger partial charge in [-0.3, -0.25) is 4.79 Å². The zero-order chi connectivity index (χ0) is 34.6. The zero-order valence-corrected chi connectivity index (χ0v) is 31.2. The molecular weight excluding hydrogens is 586 g/mol. The molecule has 7 nitrogen and oxygen atoms in total. The molecule has 272 valence electrons. The molecule has 0 aromatic rings. The Morgan fingerprint density at radius 2 is 1.40 bits per heavy atom. The second kappa shape index (κ2) is 13.8. The van der Waals surface area contributed by atoms with Gasteiger partial charge in [0.2, 0.25) is 5.91 Å². The summed E-state index contributed by atoms with van der Waals surface area (Å²) in [7, 11) is 0. The minimum atomic E-state index is -1.31. The molecule has 0 spiro atoms. The lowest BCUT2D eigenvalue weighted by Gasteiger charge is -2.73. The van der Waals surface area contributed by atoms with Gasteiger partial charge < -0.3 is 32.1 Å². The number of aliphatic hydroxyl groups is 3. The number of hydrogen-bond donors (Lipinski definition) is 6. The molecule has 5 aliphatic rings. The molecule has 8 N–H and O–H groups in total. The van der Waals surface area contributed by atoms with E-state index in [1.165, 1.54) is 70.6 Å². The SMILES string of the molecule is CC(CC[C@@H](O)[C@@H](O)[C@@H](O)CNC(=O)[C@@H](N)CCCN)C1CC[C@@]2(C)C1CC[C@]1(C)C2CCC2[C@@]3(C)CCCC(C)(C)C3CC[C@]21C. The fraction of sp³-hybridized carbons (Fsp3) is 0.975. The monoisotopic (exact) mass is 660 g/mol. The summed E-state index contributed by atoms with van der Waals surface area (Å²) in [5.74, 6) is 3.94. The fourth-order valence-corrected chi connectivity index (χ4v) is 14.0. The van der Waals surface area contributed by atoms with Gasteiger partial charge in [0.1, 0.15) is 6.10 Å². The fourth-order valence-electron chi connectivity index (χ4n) is 14.0. The first kappa shape index (κ1) is 37.5. The molecule has 14 atom stereocenters. The summed E-state index contributed by atoms with van der Waals surface area (Å²) in [5, 5.41) is 34.7. The number of carbonyl (C=O) groups excluding carboxylic acids is 1. The smallest absolute Gasteiger partial charge is 0.237 e. The Bertz CT molecular complexity index is 1100. The highest BCUT2D eigenvalue weighted by Crippen LogP contribution is 2.78. The predicted octanol–water partition coefficient (Wildman–Crippen LogP) is 6.16. The van der Waals surface area contributed by atoms with Gasteiger partial charge in [0, 0.05) is 6.54 Å². The van der Waals surface area contributed by atoms with E-state index < -0.39 is 24.4 Å². The van der Waals surface area contributed by atoms with E-state index in [0.717, 1.165) is 30.1 Å².